The molecule has 2 aromatic carbocycles. The van der Waals surface area contributed by atoms with Crippen molar-refractivity contribution in [2.24, 2.45) is 0 Å². The van der Waals surface area contributed by atoms with E-state index in [9.17, 15) is 31.9 Å². The molecule has 0 bridgehead atoms. The molecule has 1 amide bonds. The van der Waals surface area contributed by atoms with Gasteiger partial charge in [0.05, 0.1) is 19.1 Å². The molecule has 0 aliphatic heterocycles. The zero-order valence-corrected chi connectivity index (χ0v) is 15.2. The summed E-state index contributed by atoms with van der Waals surface area (Å²) in [7, 11) is 1.10. The average Bonchev–Trinajstić information content (AvgIpc) is 2.62. The van der Waals surface area contributed by atoms with Crippen LogP contribution in [0, 0.1) is 5.82 Å². The molecule has 1 N–H and O–H groups in total. The molecular formula is C19H15F4NO5. The number of methoxy groups -OCH3 is 1. The number of esters is 2. The van der Waals surface area contributed by atoms with Gasteiger partial charge in [0.2, 0.25) is 5.91 Å². The highest BCUT2D eigenvalue weighted by Crippen LogP contribution is 2.32. The van der Waals surface area contributed by atoms with Crippen LogP contribution < -0.4 is 10.1 Å². The lowest BCUT2D eigenvalue weighted by molar-refractivity contribution is -0.140. The fourth-order valence-corrected chi connectivity index (χ4v) is 2.43. The number of carbonyl (C=O) groups excluding carboxylic acids is 3. The molecular weight excluding hydrogens is 398 g/mol. The van der Waals surface area contributed by atoms with Crippen LogP contribution in [0.25, 0.3) is 0 Å². The van der Waals surface area contributed by atoms with Gasteiger partial charge in [0.15, 0.2) is 0 Å². The van der Waals surface area contributed by atoms with E-state index in [-0.39, 0.29) is 17.0 Å². The van der Waals surface area contributed by atoms with Crippen molar-refractivity contribution in [1.29, 1.82) is 0 Å². The Balaban J connectivity index is 2.23. The van der Waals surface area contributed by atoms with E-state index in [4.69, 9.17) is 4.74 Å². The minimum absolute atomic E-state index is 0.0682. The van der Waals surface area contributed by atoms with Crippen LogP contribution in [0.2, 0.25) is 0 Å². The highest BCUT2D eigenvalue weighted by Gasteiger charge is 2.35. The summed E-state index contributed by atoms with van der Waals surface area (Å²) in [4.78, 5) is 35.1. The zero-order chi connectivity index (χ0) is 21.8. The Bertz CT molecular complexity index is 956. The number of nitrogens with one attached hydrogen (secondary N) is 1. The predicted octanol–water partition coefficient (Wildman–Crippen LogP) is 3.74. The summed E-state index contributed by atoms with van der Waals surface area (Å²) >= 11 is 0. The third-order valence-electron chi connectivity index (χ3n) is 3.66. The maximum atomic E-state index is 14.0. The van der Waals surface area contributed by atoms with Crippen LogP contribution in [0.5, 0.6) is 5.75 Å². The second-order valence-electron chi connectivity index (χ2n) is 5.80. The van der Waals surface area contributed by atoms with E-state index in [1.165, 1.54) is 12.1 Å². The molecule has 0 aromatic heterocycles. The number of amides is 1. The van der Waals surface area contributed by atoms with Gasteiger partial charge in [-0.25, -0.2) is 9.18 Å². The molecule has 10 heteroatoms. The maximum absolute atomic E-state index is 14.0. The van der Waals surface area contributed by atoms with E-state index in [1.807, 2.05) is 0 Å². The molecule has 0 saturated carbocycles. The van der Waals surface area contributed by atoms with Gasteiger partial charge in [-0.3, -0.25) is 9.59 Å². The van der Waals surface area contributed by atoms with Crippen molar-refractivity contribution in [2.45, 2.75) is 19.5 Å². The molecule has 0 aliphatic rings. The van der Waals surface area contributed by atoms with Crippen LogP contribution in [-0.4, -0.2) is 25.0 Å². The van der Waals surface area contributed by atoms with Crippen molar-refractivity contribution in [3.63, 3.8) is 0 Å². The van der Waals surface area contributed by atoms with E-state index < -0.39 is 47.4 Å². The first-order valence-electron chi connectivity index (χ1n) is 8.08. The van der Waals surface area contributed by atoms with Gasteiger partial charge >= 0.3 is 18.1 Å². The van der Waals surface area contributed by atoms with Crippen LogP contribution in [0.1, 0.15) is 28.4 Å². The number of alkyl halides is 3. The number of carbonyl (C=O) groups is 3. The van der Waals surface area contributed by atoms with Crippen molar-refractivity contribution in [3.05, 3.63) is 58.9 Å². The molecule has 0 heterocycles. The van der Waals surface area contributed by atoms with Crippen LogP contribution in [-0.2, 0) is 26.9 Å². The Morgan fingerprint density at radius 2 is 1.79 bits per heavy atom. The van der Waals surface area contributed by atoms with Crippen LogP contribution in [0.15, 0.2) is 36.4 Å². The fraction of sp³-hybridized carbons (Fsp3) is 0.211. The molecule has 6 nitrogen and oxygen atoms in total. The molecule has 2 rings (SSSR count). The molecule has 29 heavy (non-hydrogen) atoms. The second-order valence-corrected chi connectivity index (χ2v) is 5.80. The smallest absolute Gasteiger partial charge is 0.419 e. The largest absolute Gasteiger partial charge is 0.465 e. The van der Waals surface area contributed by atoms with Crippen molar-refractivity contribution in [1.82, 2.24) is 0 Å². The Labute approximate surface area is 162 Å². The minimum Gasteiger partial charge on any atom is -0.465 e. The fourth-order valence-electron chi connectivity index (χ4n) is 2.43. The average molecular weight is 413 g/mol. The molecule has 0 fully saturated rings. The number of hydrogen-bond acceptors (Lipinski definition) is 5. The topological polar surface area (TPSA) is 81.7 Å². The summed E-state index contributed by atoms with van der Waals surface area (Å²) in [5.41, 5.74) is -2.01. The first-order valence-corrected chi connectivity index (χ1v) is 8.08. The van der Waals surface area contributed by atoms with Gasteiger partial charge in [0, 0.05) is 12.6 Å². The van der Waals surface area contributed by atoms with E-state index in [1.54, 1.807) is 0 Å². The zero-order valence-electron chi connectivity index (χ0n) is 15.2. The van der Waals surface area contributed by atoms with Gasteiger partial charge < -0.3 is 14.8 Å². The molecule has 154 valence electrons. The Hall–Kier alpha value is -3.43. The second kappa shape index (κ2) is 8.72. The molecule has 0 aliphatic carbocycles. The maximum Gasteiger partial charge on any atom is 0.419 e. The molecule has 0 saturated heterocycles. The van der Waals surface area contributed by atoms with Crippen LogP contribution in [0.4, 0.5) is 23.2 Å². The molecule has 0 radical (unpaired) electrons. The quantitative estimate of drug-likeness (QED) is 0.459. The third-order valence-corrected chi connectivity index (χ3v) is 3.66. The highest BCUT2D eigenvalue weighted by molar-refractivity contribution is 5.97. The number of hydrogen-bond donors (Lipinski definition) is 1. The summed E-state index contributed by atoms with van der Waals surface area (Å²) in [6.07, 6.45) is -5.56. The SMILES string of the molecule is COC(=O)c1cc(NC(=O)Cc2cccc(C(F)(F)F)c2F)ccc1OC(C)=O. The summed E-state index contributed by atoms with van der Waals surface area (Å²) in [6, 6.07) is 6.32. The lowest BCUT2D eigenvalue weighted by atomic mass is 10.1. The van der Waals surface area contributed by atoms with Gasteiger partial charge in [-0.15, -0.1) is 0 Å². The van der Waals surface area contributed by atoms with Gasteiger partial charge in [-0.1, -0.05) is 12.1 Å². The Morgan fingerprint density at radius 3 is 2.38 bits per heavy atom. The third kappa shape index (κ3) is 5.53. The lowest BCUT2D eigenvalue weighted by Crippen LogP contribution is -2.18. The molecule has 0 spiro atoms. The van der Waals surface area contributed by atoms with Crippen molar-refractivity contribution in [2.75, 3.05) is 12.4 Å². The Morgan fingerprint density at radius 1 is 1.10 bits per heavy atom. The standard InChI is InChI=1S/C19H15F4NO5/c1-10(25)29-15-7-6-12(9-13(15)18(27)28-2)24-16(26)8-11-4-3-5-14(17(11)20)19(21,22)23/h3-7,9H,8H2,1-2H3,(H,24,26). The number of benzene rings is 2. The number of halogens is 4. The number of rotatable bonds is 5. The molecule has 0 unspecified atom stereocenters. The van der Waals surface area contributed by atoms with Gasteiger partial charge in [0.25, 0.3) is 0 Å². The Kier molecular flexibility index (Phi) is 6.57. The number of anilines is 1. The van der Waals surface area contributed by atoms with Crippen LogP contribution >= 0.6 is 0 Å². The van der Waals surface area contributed by atoms with E-state index in [0.717, 1.165) is 32.2 Å². The molecule has 2 aromatic rings. The summed E-state index contributed by atoms with van der Waals surface area (Å²) in [5.74, 6) is -3.99. The highest BCUT2D eigenvalue weighted by atomic mass is 19.4. The monoisotopic (exact) mass is 413 g/mol. The summed E-state index contributed by atoms with van der Waals surface area (Å²) in [5, 5.41) is 2.34. The van der Waals surface area contributed by atoms with Gasteiger partial charge in [-0.05, 0) is 29.8 Å². The first-order chi connectivity index (χ1) is 13.5. The van der Waals surface area contributed by atoms with E-state index in [2.05, 4.69) is 10.1 Å². The van der Waals surface area contributed by atoms with Crippen LogP contribution in [0.3, 0.4) is 0 Å². The van der Waals surface area contributed by atoms with E-state index in [0.29, 0.717) is 6.07 Å². The molecule has 0 atom stereocenters. The van der Waals surface area contributed by atoms with Crippen molar-refractivity contribution < 1.29 is 41.4 Å². The number of ether oxygens (including phenoxy) is 2. The predicted molar refractivity (Wildman–Crippen MR) is 92.8 cm³/mol. The van der Waals surface area contributed by atoms with Crippen molar-refractivity contribution >= 4 is 23.5 Å². The lowest BCUT2D eigenvalue weighted by Gasteiger charge is -2.12. The first kappa shape index (κ1) is 21.9. The van der Waals surface area contributed by atoms with Gasteiger partial charge in [-0.2, -0.15) is 13.2 Å². The van der Waals surface area contributed by atoms with Gasteiger partial charge in [0.1, 0.15) is 17.1 Å². The minimum atomic E-state index is -4.89. The van der Waals surface area contributed by atoms with Crippen molar-refractivity contribution in [3.8, 4) is 5.75 Å². The summed E-state index contributed by atoms with van der Waals surface area (Å²) < 4.78 is 61.8. The van der Waals surface area contributed by atoms with E-state index >= 15 is 0 Å². The normalized spacial score (nSPS) is 11.0. The summed E-state index contributed by atoms with van der Waals surface area (Å²) in [6.45, 7) is 1.13.